The highest BCUT2D eigenvalue weighted by Gasteiger charge is 2.03. The zero-order valence-electron chi connectivity index (χ0n) is 6.70. The van der Waals surface area contributed by atoms with E-state index in [-0.39, 0.29) is 0 Å². The maximum absolute atomic E-state index is 5.05. The van der Waals surface area contributed by atoms with Gasteiger partial charge < -0.3 is 4.98 Å². The molecule has 2 rings (SSSR count). The molecule has 1 unspecified atom stereocenters. The summed E-state index contributed by atoms with van der Waals surface area (Å²) in [5.41, 5.74) is 1.14. The first-order valence-electron chi connectivity index (χ1n) is 3.85. The Balaban J connectivity index is 2.56. The van der Waals surface area contributed by atoms with Crippen molar-refractivity contribution < 1.29 is 0 Å². The molecular formula is C9H9NS2. The fourth-order valence-electron chi connectivity index (χ4n) is 1.15. The van der Waals surface area contributed by atoms with Crippen molar-refractivity contribution in [2.24, 2.45) is 5.92 Å². The third-order valence-corrected chi connectivity index (χ3v) is 3.04. The van der Waals surface area contributed by atoms with Crippen molar-refractivity contribution in [2.75, 3.05) is 0 Å². The van der Waals surface area contributed by atoms with E-state index in [1.54, 1.807) is 11.3 Å². The molecule has 1 heterocycles. The van der Waals surface area contributed by atoms with Gasteiger partial charge in [0.25, 0.3) is 0 Å². The van der Waals surface area contributed by atoms with Crippen LogP contribution in [0.5, 0.6) is 0 Å². The van der Waals surface area contributed by atoms with Gasteiger partial charge in [-0.25, -0.2) is 0 Å². The molecule has 1 aliphatic rings. The fraction of sp³-hybridized carbons (Fsp3) is 0.222. The SMILES string of the molecule is CC1C=Cc2[nH]c(=S)sc2C=C1. The minimum Gasteiger partial charge on any atom is -0.337 e. The molecule has 0 bridgehead atoms. The standard InChI is InChI=1S/C9H9NS2/c1-6-2-4-7-8(5-3-6)12-9(11)10-7/h2-6H,1H3,(H,10,11). The Kier molecular flexibility index (Phi) is 1.98. The van der Waals surface area contributed by atoms with E-state index >= 15 is 0 Å². The summed E-state index contributed by atoms with van der Waals surface area (Å²) in [6.45, 7) is 2.16. The smallest absolute Gasteiger partial charge is 0.159 e. The van der Waals surface area contributed by atoms with Crippen LogP contribution in [-0.4, -0.2) is 4.98 Å². The summed E-state index contributed by atoms with van der Waals surface area (Å²) in [7, 11) is 0. The predicted octanol–water partition coefficient (Wildman–Crippen LogP) is 3.48. The number of allylic oxidation sites excluding steroid dienone is 2. The molecule has 0 spiro atoms. The highest BCUT2D eigenvalue weighted by molar-refractivity contribution is 7.73. The Bertz CT molecular complexity index is 360. The molecule has 0 radical (unpaired) electrons. The van der Waals surface area contributed by atoms with Gasteiger partial charge in [0.2, 0.25) is 0 Å². The quantitative estimate of drug-likeness (QED) is 0.627. The number of aromatic amines is 1. The Labute approximate surface area is 80.5 Å². The fourth-order valence-corrected chi connectivity index (χ4v) is 2.27. The minimum absolute atomic E-state index is 0.520. The molecule has 0 aliphatic heterocycles. The van der Waals surface area contributed by atoms with E-state index in [1.165, 1.54) is 4.88 Å². The van der Waals surface area contributed by atoms with Crippen molar-refractivity contribution in [3.63, 3.8) is 0 Å². The number of hydrogen-bond acceptors (Lipinski definition) is 2. The van der Waals surface area contributed by atoms with Crippen molar-refractivity contribution in [3.8, 4) is 0 Å². The Morgan fingerprint density at radius 1 is 1.42 bits per heavy atom. The van der Waals surface area contributed by atoms with Gasteiger partial charge in [0.15, 0.2) is 3.95 Å². The number of nitrogens with one attached hydrogen (secondary N) is 1. The second kappa shape index (κ2) is 2.99. The normalized spacial score (nSPS) is 20.6. The zero-order chi connectivity index (χ0) is 8.55. The number of fused-ring (bicyclic) bond motifs is 1. The van der Waals surface area contributed by atoms with Gasteiger partial charge in [0.05, 0.1) is 10.6 Å². The molecule has 1 nitrogen and oxygen atoms in total. The van der Waals surface area contributed by atoms with Gasteiger partial charge in [-0.2, -0.15) is 0 Å². The average Bonchev–Trinajstić information content (AvgIpc) is 2.31. The summed E-state index contributed by atoms with van der Waals surface area (Å²) < 4.78 is 0.851. The van der Waals surface area contributed by atoms with Gasteiger partial charge in [-0.05, 0) is 30.3 Å². The van der Waals surface area contributed by atoms with E-state index in [1.807, 2.05) is 0 Å². The van der Waals surface area contributed by atoms with Crippen molar-refractivity contribution in [2.45, 2.75) is 6.92 Å². The van der Waals surface area contributed by atoms with Crippen LogP contribution in [0.4, 0.5) is 0 Å². The maximum atomic E-state index is 5.05. The van der Waals surface area contributed by atoms with E-state index in [2.05, 4.69) is 36.2 Å². The molecule has 1 atom stereocenters. The van der Waals surface area contributed by atoms with E-state index in [0.717, 1.165) is 9.65 Å². The third kappa shape index (κ3) is 1.42. The van der Waals surface area contributed by atoms with E-state index < -0.39 is 0 Å². The number of H-pyrrole nitrogens is 1. The van der Waals surface area contributed by atoms with Crippen LogP contribution >= 0.6 is 23.6 Å². The molecule has 1 aromatic rings. The van der Waals surface area contributed by atoms with Crippen LogP contribution in [0.3, 0.4) is 0 Å². The maximum Gasteiger partial charge on any atom is 0.159 e. The topological polar surface area (TPSA) is 15.8 Å². The summed E-state index contributed by atoms with van der Waals surface area (Å²) >= 11 is 6.68. The second-order valence-corrected chi connectivity index (χ2v) is 4.59. The van der Waals surface area contributed by atoms with Crippen LogP contribution in [0.1, 0.15) is 17.5 Å². The van der Waals surface area contributed by atoms with Crippen molar-refractivity contribution in [1.29, 1.82) is 0 Å². The van der Waals surface area contributed by atoms with Crippen LogP contribution < -0.4 is 0 Å². The lowest BCUT2D eigenvalue weighted by atomic mass is 10.2. The predicted molar refractivity (Wildman–Crippen MR) is 56.7 cm³/mol. The first-order chi connectivity index (χ1) is 5.75. The molecule has 1 N–H and O–H groups in total. The molecule has 0 aromatic carbocycles. The Morgan fingerprint density at radius 2 is 2.17 bits per heavy atom. The number of hydrogen-bond donors (Lipinski definition) is 1. The van der Waals surface area contributed by atoms with Crippen molar-refractivity contribution in [3.05, 3.63) is 26.7 Å². The van der Waals surface area contributed by atoms with Gasteiger partial charge in [-0.3, -0.25) is 0 Å². The Morgan fingerprint density at radius 3 is 3.00 bits per heavy atom. The molecule has 1 aromatic heterocycles. The minimum atomic E-state index is 0.520. The number of aromatic nitrogens is 1. The Hall–Kier alpha value is -0.670. The molecule has 1 aliphatic carbocycles. The van der Waals surface area contributed by atoms with Gasteiger partial charge in [-0.1, -0.05) is 19.1 Å². The largest absolute Gasteiger partial charge is 0.337 e. The average molecular weight is 195 g/mol. The summed E-state index contributed by atoms with van der Waals surface area (Å²) in [4.78, 5) is 4.39. The highest BCUT2D eigenvalue weighted by atomic mass is 32.1. The van der Waals surface area contributed by atoms with Crippen LogP contribution in [0.15, 0.2) is 12.2 Å². The molecule has 0 saturated carbocycles. The molecule has 0 saturated heterocycles. The molecule has 12 heavy (non-hydrogen) atoms. The molecular weight excluding hydrogens is 186 g/mol. The van der Waals surface area contributed by atoms with Crippen LogP contribution in [0.25, 0.3) is 12.2 Å². The first kappa shape index (κ1) is 7.95. The van der Waals surface area contributed by atoms with E-state index in [4.69, 9.17) is 12.2 Å². The van der Waals surface area contributed by atoms with Gasteiger partial charge in [0.1, 0.15) is 0 Å². The molecule has 62 valence electrons. The van der Waals surface area contributed by atoms with Gasteiger partial charge >= 0.3 is 0 Å². The lowest BCUT2D eigenvalue weighted by molar-refractivity contribution is 0.953. The van der Waals surface area contributed by atoms with Crippen molar-refractivity contribution >= 4 is 35.7 Å². The summed E-state index contributed by atoms with van der Waals surface area (Å²) in [5.74, 6) is 0.520. The number of thiazole rings is 1. The second-order valence-electron chi connectivity index (χ2n) is 2.87. The zero-order valence-corrected chi connectivity index (χ0v) is 8.34. The summed E-state index contributed by atoms with van der Waals surface area (Å²) in [6, 6.07) is 0. The van der Waals surface area contributed by atoms with Crippen LogP contribution in [0.2, 0.25) is 0 Å². The lowest BCUT2D eigenvalue weighted by Crippen LogP contribution is -1.77. The molecule has 0 amide bonds. The van der Waals surface area contributed by atoms with E-state index in [0.29, 0.717) is 5.92 Å². The van der Waals surface area contributed by atoms with Crippen LogP contribution in [-0.2, 0) is 0 Å². The lowest BCUT2D eigenvalue weighted by Gasteiger charge is -1.91. The highest BCUT2D eigenvalue weighted by Crippen LogP contribution is 2.22. The van der Waals surface area contributed by atoms with Crippen molar-refractivity contribution in [1.82, 2.24) is 4.98 Å². The monoisotopic (exact) mass is 195 g/mol. The molecule has 0 fully saturated rings. The van der Waals surface area contributed by atoms with Crippen LogP contribution in [0, 0.1) is 9.87 Å². The third-order valence-electron chi connectivity index (χ3n) is 1.82. The van der Waals surface area contributed by atoms with E-state index in [9.17, 15) is 0 Å². The van der Waals surface area contributed by atoms with Gasteiger partial charge in [0, 0.05) is 0 Å². The summed E-state index contributed by atoms with van der Waals surface area (Å²) in [6.07, 6.45) is 8.59. The van der Waals surface area contributed by atoms with Gasteiger partial charge in [-0.15, -0.1) is 11.3 Å². The summed E-state index contributed by atoms with van der Waals surface area (Å²) in [5, 5.41) is 0. The number of rotatable bonds is 0. The molecule has 3 heteroatoms. The first-order valence-corrected chi connectivity index (χ1v) is 5.08.